The van der Waals surface area contributed by atoms with Crippen LogP contribution >= 0.6 is 0 Å². The lowest BCUT2D eigenvalue weighted by Gasteiger charge is -2.25. The summed E-state index contributed by atoms with van der Waals surface area (Å²) in [4.78, 5) is 17.9. The number of nitrogens with zero attached hydrogens (tertiary/aromatic N) is 3. The third kappa shape index (κ3) is 4.54. The molecule has 10 heteroatoms. The van der Waals surface area contributed by atoms with E-state index in [2.05, 4.69) is 14.7 Å². The molecule has 1 aliphatic heterocycles. The first-order valence-electron chi connectivity index (χ1n) is 9.33. The number of rotatable bonds is 6. The van der Waals surface area contributed by atoms with Crippen molar-refractivity contribution in [2.24, 2.45) is 0 Å². The van der Waals surface area contributed by atoms with Gasteiger partial charge in [-0.15, -0.1) is 0 Å². The number of alkyl halides is 3. The van der Waals surface area contributed by atoms with E-state index in [9.17, 15) is 18.0 Å². The van der Waals surface area contributed by atoms with Crippen molar-refractivity contribution in [2.75, 3.05) is 13.2 Å². The van der Waals surface area contributed by atoms with Crippen LogP contribution in [0.3, 0.4) is 0 Å². The maximum atomic E-state index is 12.9. The molecule has 30 heavy (non-hydrogen) atoms. The van der Waals surface area contributed by atoms with Crippen LogP contribution in [0.1, 0.15) is 34.7 Å². The molecule has 0 bridgehead atoms. The van der Waals surface area contributed by atoms with Gasteiger partial charge in [-0.1, -0.05) is 29.4 Å². The van der Waals surface area contributed by atoms with Gasteiger partial charge in [0.05, 0.1) is 17.9 Å². The number of benzene rings is 1. The Morgan fingerprint density at radius 2 is 2.00 bits per heavy atom. The quantitative estimate of drug-likeness (QED) is 0.594. The summed E-state index contributed by atoms with van der Waals surface area (Å²) in [6.07, 6.45) is -0.0539. The molecule has 0 radical (unpaired) electrons. The van der Waals surface area contributed by atoms with Gasteiger partial charge in [-0.2, -0.15) is 18.2 Å². The molecule has 1 aliphatic rings. The van der Waals surface area contributed by atoms with Crippen molar-refractivity contribution in [1.29, 1.82) is 0 Å². The molecular weight excluding hydrogens is 403 g/mol. The van der Waals surface area contributed by atoms with Gasteiger partial charge in [0.2, 0.25) is 5.82 Å². The molecule has 3 heterocycles. The summed E-state index contributed by atoms with van der Waals surface area (Å²) in [6, 6.07) is 8.20. The summed E-state index contributed by atoms with van der Waals surface area (Å²) in [5.74, 6) is -1.73. The molecule has 1 unspecified atom stereocenters. The fourth-order valence-corrected chi connectivity index (χ4v) is 3.26. The second kappa shape index (κ2) is 8.31. The van der Waals surface area contributed by atoms with Gasteiger partial charge in [0.25, 0.3) is 5.91 Å². The zero-order chi connectivity index (χ0) is 21.1. The lowest BCUT2D eigenvalue weighted by Crippen LogP contribution is -2.36. The number of hydrogen-bond acceptors (Lipinski definition) is 6. The third-order valence-electron chi connectivity index (χ3n) is 4.76. The van der Waals surface area contributed by atoms with Gasteiger partial charge in [0.1, 0.15) is 6.26 Å². The van der Waals surface area contributed by atoms with Crippen LogP contribution in [0, 0.1) is 0 Å². The van der Waals surface area contributed by atoms with Gasteiger partial charge in [0.15, 0.2) is 0 Å². The summed E-state index contributed by atoms with van der Waals surface area (Å²) in [7, 11) is 0. The second-order valence-electron chi connectivity index (χ2n) is 6.95. The Balaban J connectivity index is 1.49. The van der Waals surface area contributed by atoms with E-state index >= 15 is 0 Å². The van der Waals surface area contributed by atoms with E-state index in [4.69, 9.17) is 9.15 Å². The molecule has 3 aromatic rings. The summed E-state index contributed by atoms with van der Waals surface area (Å²) >= 11 is 0. The smallest absolute Gasteiger partial charge is 0.471 e. The first kappa shape index (κ1) is 20.1. The molecule has 4 rings (SSSR count). The van der Waals surface area contributed by atoms with Crippen LogP contribution in [0.4, 0.5) is 13.2 Å². The van der Waals surface area contributed by atoms with Gasteiger partial charge in [-0.05, 0) is 24.5 Å². The molecule has 2 aromatic heterocycles. The van der Waals surface area contributed by atoms with Crippen molar-refractivity contribution in [1.82, 2.24) is 15.0 Å². The minimum absolute atomic E-state index is 0.0276. The molecule has 158 valence electrons. The number of carbonyl (C=O) groups is 1. The zero-order valence-electron chi connectivity index (χ0n) is 15.8. The summed E-state index contributed by atoms with van der Waals surface area (Å²) < 4.78 is 52.8. The van der Waals surface area contributed by atoms with Gasteiger partial charge in [-0.3, -0.25) is 4.79 Å². The Morgan fingerprint density at radius 3 is 2.60 bits per heavy atom. The number of carbonyl (C=O) groups excluding carboxylic acids is 1. The highest BCUT2D eigenvalue weighted by Crippen LogP contribution is 2.29. The standard InChI is InChI=1S/C20H18F3N3O4/c21-20(22,23)19-24-17(25-30-19)14-5-3-13(4-6-14)10-26(11-16-2-1-8-29-16)18(27)15-7-9-28-12-15/h3-7,9,12,16H,1-2,8,10-11H2. The lowest BCUT2D eigenvalue weighted by atomic mass is 10.1. The lowest BCUT2D eigenvalue weighted by molar-refractivity contribution is -0.159. The van der Waals surface area contributed by atoms with Gasteiger partial charge in [0, 0.05) is 25.3 Å². The topological polar surface area (TPSA) is 81.6 Å². The number of aromatic nitrogens is 2. The molecule has 0 saturated carbocycles. The molecule has 0 N–H and O–H groups in total. The highest BCUT2D eigenvalue weighted by atomic mass is 19.4. The van der Waals surface area contributed by atoms with Crippen molar-refractivity contribution < 1.29 is 31.6 Å². The zero-order valence-corrected chi connectivity index (χ0v) is 15.8. The van der Waals surface area contributed by atoms with Crippen molar-refractivity contribution in [3.05, 3.63) is 59.9 Å². The molecule has 7 nitrogen and oxygen atoms in total. The Labute approximate surface area is 169 Å². The number of amides is 1. The minimum Gasteiger partial charge on any atom is -0.472 e. The Hall–Kier alpha value is -3.14. The average molecular weight is 421 g/mol. The number of furan rings is 1. The van der Waals surface area contributed by atoms with Crippen LogP contribution in [-0.4, -0.2) is 40.2 Å². The van der Waals surface area contributed by atoms with Crippen LogP contribution in [-0.2, 0) is 17.5 Å². The monoisotopic (exact) mass is 421 g/mol. The predicted molar refractivity (Wildman–Crippen MR) is 97.2 cm³/mol. The van der Waals surface area contributed by atoms with Crippen LogP contribution in [0.25, 0.3) is 11.4 Å². The van der Waals surface area contributed by atoms with E-state index in [-0.39, 0.29) is 17.8 Å². The van der Waals surface area contributed by atoms with E-state index < -0.39 is 12.1 Å². The average Bonchev–Trinajstić information content (AvgIpc) is 3.49. The molecule has 0 spiro atoms. The fraction of sp³-hybridized carbons (Fsp3) is 0.350. The Morgan fingerprint density at radius 1 is 1.20 bits per heavy atom. The number of halogens is 3. The van der Waals surface area contributed by atoms with Gasteiger partial charge in [-0.25, -0.2) is 0 Å². The Bertz CT molecular complexity index is 978. The van der Waals surface area contributed by atoms with Crippen LogP contribution in [0.2, 0.25) is 0 Å². The largest absolute Gasteiger partial charge is 0.472 e. The fourth-order valence-electron chi connectivity index (χ4n) is 3.26. The van der Waals surface area contributed by atoms with Crippen molar-refractivity contribution in [3.8, 4) is 11.4 Å². The normalized spacial score (nSPS) is 16.7. The summed E-state index contributed by atoms with van der Waals surface area (Å²) in [5.41, 5.74) is 1.62. The maximum Gasteiger partial charge on any atom is 0.471 e. The molecular formula is C20H18F3N3O4. The maximum absolute atomic E-state index is 12.9. The predicted octanol–water partition coefficient (Wildman–Crippen LogP) is 4.17. The second-order valence-corrected chi connectivity index (χ2v) is 6.95. The first-order chi connectivity index (χ1) is 14.4. The molecule has 1 atom stereocenters. The van der Waals surface area contributed by atoms with E-state index in [1.54, 1.807) is 35.2 Å². The molecule has 1 saturated heterocycles. The minimum atomic E-state index is -4.69. The third-order valence-corrected chi connectivity index (χ3v) is 4.76. The van der Waals surface area contributed by atoms with Crippen molar-refractivity contribution in [3.63, 3.8) is 0 Å². The summed E-state index contributed by atoms with van der Waals surface area (Å²) in [5, 5.41) is 3.38. The van der Waals surface area contributed by atoms with E-state index in [1.165, 1.54) is 12.5 Å². The van der Waals surface area contributed by atoms with E-state index in [1.807, 2.05) is 0 Å². The highest BCUT2D eigenvalue weighted by Gasteiger charge is 2.38. The van der Waals surface area contributed by atoms with Crippen LogP contribution in [0.15, 0.2) is 51.8 Å². The summed E-state index contributed by atoms with van der Waals surface area (Å²) in [6.45, 7) is 1.42. The SMILES string of the molecule is O=C(c1ccoc1)N(Cc1ccc(-c2noc(C(F)(F)F)n2)cc1)CC1CCCO1. The van der Waals surface area contributed by atoms with E-state index in [0.717, 1.165) is 18.4 Å². The van der Waals surface area contributed by atoms with Gasteiger partial charge < -0.3 is 18.6 Å². The van der Waals surface area contributed by atoms with Gasteiger partial charge >= 0.3 is 12.1 Å². The number of hydrogen-bond donors (Lipinski definition) is 0. The number of ether oxygens (including phenoxy) is 1. The Kier molecular flexibility index (Phi) is 5.58. The molecule has 1 amide bonds. The molecule has 0 aliphatic carbocycles. The molecule has 1 fully saturated rings. The first-order valence-corrected chi connectivity index (χ1v) is 9.33. The van der Waals surface area contributed by atoms with Crippen molar-refractivity contribution in [2.45, 2.75) is 31.7 Å². The van der Waals surface area contributed by atoms with Crippen LogP contribution in [0.5, 0.6) is 0 Å². The van der Waals surface area contributed by atoms with Crippen LogP contribution < -0.4 is 0 Å². The highest BCUT2D eigenvalue weighted by molar-refractivity contribution is 5.93. The van der Waals surface area contributed by atoms with E-state index in [0.29, 0.717) is 30.8 Å². The van der Waals surface area contributed by atoms with Crippen molar-refractivity contribution >= 4 is 5.91 Å². The molecule has 1 aromatic carbocycles.